The Kier molecular flexibility index (Phi) is 7.45. The minimum Gasteiger partial charge on any atom is -0.481 e. The standard InChI is InChI=1S/C19H21Cl2N3O3/c1-11(2)17(24-18(25)14-6-5-13(20)8-15(14)21)19(26)23-10-12-4-7-16(27-3)22-9-12/h4-9,11,17H,10H2,1-3H3,(H,23,26)(H,24,25)/t17-/m1/s1. The van der Waals surface area contributed by atoms with Crippen LogP contribution in [-0.4, -0.2) is 29.9 Å². The van der Waals surface area contributed by atoms with E-state index < -0.39 is 11.9 Å². The van der Waals surface area contributed by atoms with Gasteiger partial charge in [-0.1, -0.05) is 43.1 Å². The maximum absolute atomic E-state index is 12.6. The molecule has 0 spiro atoms. The lowest BCUT2D eigenvalue weighted by molar-refractivity contribution is -0.124. The molecule has 2 aromatic rings. The number of methoxy groups -OCH3 is 1. The SMILES string of the molecule is COc1ccc(CNC(=O)[C@H](NC(=O)c2ccc(Cl)cc2Cl)C(C)C)cn1. The number of nitrogens with one attached hydrogen (secondary N) is 2. The topological polar surface area (TPSA) is 80.3 Å². The van der Waals surface area contributed by atoms with Crippen molar-refractivity contribution in [1.82, 2.24) is 15.6 Å². The molecule has 0 unspecified atom stereocenters. The van der Waals surface area contributed by atoms with E-state index in [0.717, 1.165) is 5.56 Å². The highest BCUT2D eigenvalue weighted by Crippen LogP contribution is 2.21. The van der Waals surface area contributed by atoms with E-state index in [1.165, 1.54) is 19.2 Å². The second-order valence-electron chi connectivity index (χ2n) is 6.25. The number of amides is 2. The Labute approximate surface area is 168 Å². The van der Waals surface area contributed by atoms with Gasteiger partial charge in [-0.3, -0.25) is 9.59 Å². The van der Waals surface area contributed by atoms with Gasteiger partial charge in [0, 0.05) is 23.8 Å². The number of carbonyl (C=O) groups is 2. The third-order valence-electron chi connectivity index (χ3n) is 3.88. The summed E-state index contributed by atoms with van der Waals surface area (Å²) in [5, 5.41) is 6.21. The van der Waals surface area contributed by atoms with Gasteiger partial charge in [0.2, 0.25) is 11.8 Å². The maximum atomic E-state index is 12.6. The first-order valence-corrected chi connectivity index (χ1v) is 9.10. The molecule has 0 saturated heterocycles. The van der Waals surface area contributed by atoms with Crippen LogP contribution < -0.4 is 15.4 Å². The van der Waals surface area contributed by atoms with E-state index in [1.807, 2.05) is 19.9 Å². The molecule has 2 rings (SSSR count). The van der Waals surface area contributed by atoms with Crippen molar-refractivity contribution in [2.24, 2.45) is 5.92 Å². The summed E-state index contributed by atoms with van der Waals surface area (Å²) in [7, 11) is 1.53. The molecule has 0 aliphatic heterocycles. The number of benzene rings is 1. The van der Waals surface area contributed by atoms with E-state index in [9.17, 15) is 9.59 Å². The molecule has 1 aromatic carbocycles. The Bertz CT molecular complexity index is 810. The predicted molar refractivity (Wildman–Crippen MR) is 105 cm³/mol. The Balaban J connectivity index is 2.02. The average Bonchev–Trinajstić information content (AvgIpc) is 2.64. The van der Waals surface area contributed by atoms with Gasteiger partial charge in [0.1, 0.15) is 6.04 Å². The molecule has 1 heterocycles. The minimum atomic E-state index is -0.713. The van der Waals surface area contributed by atoms with E-state index in [4.69, 9.17) is 27.9 Å². The molecule has 0 fully saturated rings. The average molecular weight is 410 g/mol. The lowest BCUT2D eigenvalue weighted by Gasteiger charge is -2.22. The van der Waals surface area contributed by atoms with Crippen LogP contribution in [0.1, 0.15) is 29.8 Å². The smallest absolute Gasteiger partial charge is 0.253 e. The molecule has 27 heavy (non-hydrogen) atoms. The fourth-order valence-electron chi connectivity index (χ4n) is 2.36. The summed E-state index contributed by atoms with van der Waals surface area (Å²) in [4.78, 5) is 29.2. The van der Waals surface area contributed by atoms with Crippen LogP contribution in [0.3, 0.4) is 0 Å². The van der Waals surface area contributed by atoms with Crippen LogP contribution in [-0.2, 0) is 11.3 Å². The van der Waals surface area contributed by atoms with E-state index in [0.29, 0.717) is 10.9 Å². The molecule has 0 aliphatic carbocycles. The quantitative estimate of drug-likeness (QED) is 0.733. The molecule has 8 heteroatoms. The van der Waals surface area contributed by atoms with Gasteiger partial charge in [0.15, 0.2) is 0 Å². The molecule has 0 saturated carbocycles. The molecular formula is C19H21Cl2N3O3. The fourth-order valence-corrected chi connectivity index (χ4v) is 2.86. The molecule has 6 nitrogen and oxygen atoms in total. The first-order chi connectivity index (χ1) is 12.8. The Morgan fingerprint density at radius 1 is 1.19 bits per heavy atom. The zero-order chi connectivity index (χ0) is 20.0. The molecule has 144 valence electrons. The highest BCUT2D eigenvalue weighted by molar-refractivity contribution is 6.36. The van der Waals surface area contributed by atoms with Gasteiger partial charge in [-0.05, 0) is 29.7 Å². The van der Waals surface area contributed by atoms with Gasteiger partial charge in [-0.15, -0.1) is 0 Å². The molecular weight excluding hydrogens is 389 g/mol. The summed E-state index contributed by atoms with van der Waals surface area (Å²) in [6.07, 6.45) is 1.62. The lowest BCUT2D eigenvalue weighted by Crippen LogP contribution is -2.49. The van der Waals surface area contributed by atoms with Crippen LogP contribution in [0, 0.1) is 5.92 Å². The summed E-state index contributed by atoms with van der Waals surface area (Å²) < 4.78 is 5.00. The van der Waals surface area contributed by atoms with E-state index >= 15 is 0 Å². The summed E-state index contributed by atoms with van der Waals surface area (Å²) in [5.74, 6) is -0.345. The summed E-state index contributed by atoms with van der Waals surface area (Å²) in [6.45, 7) is 3.99. The van der Waals surface area contributed by atoms with Crippen LogP contribution in [0.25, 0.3) is 0 Å². The van der Waals surface area contributed by atoms with Crippen molar-refractivity contribution < 1.29 is 14.3 Å². The number of hydrogen-bond donors (Lipinski definition) is 2. The number of pyridine rings is 1. The number of carbonyl (C=O) groups excluding carboxylic acids is 2. The second kappa shape index (κ2) is 9.58. The van der Waals surface area contributed by atoms with Crippen molar-refractivity contribution in [2.45, 2.75) is 26.4 Å². The predicted octanol–water partition coefficient (Wildman–Crippen LogP) is 3.47. The van der Waals surface area contributed by atoms with E-state index in [1.54, 1.807) is 18.3 Å². The van der Waals surface area contributed by atoms with Gasteiger partial charge in [-0.25, -0.2) is 4.98 Å². The van der Waals surface area contributed by atoms with Crippen LogP contribution >= 0.6 is 23.2 Å². The molecule has 1 atom stereocenters. The van der Waals surface area contributed by atoms with Gasteiger partial charge >= 0.3 is 0 Å². The summed E-state index contributed by atoms with van der Waals surface area (Å²) >= 11 is 11.9. The molecule has 2 N–H and O–H groups in total. The number of ether oxygens (including phenoxy) is 1. The number of rotatable bonds is 7. The van der Waals surface area contributed by atoms with Crippen LogP contribution in [0.5, 0.6) is 5.88 Å². The highest BCUT2D eigenvalue weighted by atomic mass is 35.5. The second-order valence-corrected chi connectivity index (χ2v) is 7.09. The Morgan fingerprint density at radius 3 is 2.48 bits per heavy atom. The van der Waals surface area contributed by atoms with Crippen molar-refractivity contribution in [2.75, 3.05) is 7.11 Å². The zero-order valence-corrected chi connectivity index (χ0v) is 16.8. The van der Waals surface area contributed by atoms with Gasteiger partial charge < -0.3 is 15.4 Å². The van der Waals surface area contributed by atoms with E-state index in [2.05, 4.69) is 15.6 Å². The van der Waals surface area contributed by atoms with Crippen molar-refractivity contribution in [1.29, 1.82) is 0 Å². The minimum absolute atomic E-state index is 0.117. The van der Waals surface area contributed by atoms with Crippen LogP contribution in [0.2, 0.25) is 10.0 Å². The van der Waals surface area contributed by atoms with Gasteiger partial charge in [0.25, 0.3) is 5.91 Å². The number of aromatic nitrogens is 1. The fraction of sp³-hybridized carbons (Fsp3) is 0.316. The number of hydrogen-bond acceptors (Lipinski definition) is 4. The monoisotopic (exact) mass is 409 g/mol. The Morgan fingerprint density at radius 2 is 1.93 bits per heavy atom. The summed E-state index contributed by atoms with van der Waals surface area (Å²) in [5.41, 5.74) is 1.08. The first-order valence-electron chi connectivity index (χ1n) is 8.34. The number of nitrogens with zero attached hydrogens (tertiary/aromatic N) is 1. The molecule has 0 radical (unpaired) electrons. The molecule has 1 aromatic heterocycles. The third kappa shape index (κ3) is 5.84. The molecule has 0 bridgehead atoms. The van der Waals surface area contributed by atoms with Crippen LogP contribution in [0.15, 0.2) is 36.5 Å². The van der Waals surface area contributed by atoms with Crippen molar-refractivity contribution in [3.8, 4) is 5.88 Å². The van der Waals surface area contributed by atoms with Crippen molar-refractivity contribution in [3.05, 3.63) is 57.7 Å². The van der Waals surface area contributed by atoms with Crippen LogP contribution in [0.4, 0.5) is 0 Å². The largest absolute Gasteiger partial charge is 0.481 e. The third-order valence-corrected chi connectivity index (χ3v) is 4.43. The normalized spacial score (nSPS) is 11.8. The van der Waals surface area contributed by atoms with Crippen molar-refractivity contribution >= 4 is 35.0 Å². The maximum Gasteiger partial charge on any atom is 0.253 e. The molecule has 2 amide bonds. The van der Waals surface area contributed by atoms with E-state index in [-0.39, 0.29) is 29.0 Å². The highest BCUT2D eigenvalue weighted by Gasteiger charge is 2.25. The van der Waals surface area contributed by atoms with Crippen molar-refractivity contribution in [3.63, 3.8) is 0 Å². The zero-order valence-electron chi connectivity index (χ0n) is 15.3. The summed E-state index contributed by atoms with van der Waals surface area (Å²) in [6, 6.07) is 7.39. The molecule has 0 aliphatic rings. The number of halogens is 2. The Hall–Kier alpha value is -2.31. The van der Waals surface area contributed by atoms with Gasteiger partial charge in [0.05, 0.1) is 17.7 Å². The lowest BCUT2D eigenvalue weighted by atomic mass is 10.0. The first kappa shape index (κ1) is 21.0. The van der Waals surface area contributed by atoms with Gasteiger partial charge in [-0.2, -0.15) is 0 Å².